The minimum absolute atomic E-state index is 0.0851. The van der Waals surface area contributed by atoms with E-state index >= 15 is 0 Å². The molecule has 1 N–H and O–H groups in total. The van der Waals surface area contributed by atoms with Gasteiger partial charge >= 0.3 is 5.97 Å². The monoisotopic (exact) mass is 168 g/mol. The van der Waals surface area contributed by atoms with Crippen LogP contribution in [0.2, 0.25) is 0 Å². The summed E-state index contributed by atoms with van der Waals surface area (Å²) in [6.07, 6.45) is 1.66. The molecule has 0 aromatic carbocycles. The smallest absolute Gasteiger partial charge is 0.356 e. The fourth-order valence-electron chi connectivity index (χ4n) is 1.03. The second kappa shape index (κ2) is 2.60. The van der Waals surface area contributed by atoms with Crippen LogP contribution >= 0.6 is 0 Å². The Morgan fingerprint density at radius 1 is 1.75 bits per heavy atom. The third kappa shape index (κ3) is 1.08. The molecular formula is C7H8N2O3. The van der Waals surface area contributed by atoms with Crippen LogP contribution < -0.4 is 0 Å². The molecule has 12 heavy (non-hydrogen) atoms. The summed E-state index contributed by atoms with van der Waals surface area (Å²) in [6.45, 7) is 1.25. The summed E-state index contributed by atoms with van der Waals surface area (Å²) in [6, 6.07) is 1.71. The maximum Gasteiger partial charge on any atom is 0.356 e. The molecule has 5 heteroatoms. The summed E-state index contributed by atoms with van der Waals surface area (Å²) >= 11 is 0. The zero-order valence-corrected chi connectivity index (χ0v) is 6.30. The molecule has 1 aromatic rings. The Hall–Kier alpha value is -1.36. The van der Waals surface area contributed by atoms with Crippen molar-refractivity contribution in [3.8, 4) is 0 Å². The molecule has 1 saturated heterocycles. The Kier molecular flexibility index (Phi) is 1.58. The standard InChI is InChI=1S/C7H8N2O3/c10-7(11)6-1-2-9(8-6)5-3-12-4-5/h1-2,5H,3-4H2,(H,10,11). The SMILES string of the molecule is O=C(O)c1ccn(C2COC2)n1. The molecule has 2 rings (SSSR count). The molecule has 2 heterocycles. The Morgan fingerprint density at radius 2 is 2.50 bits per heavy atom. The van der Waals surface area contributed by atoms with Gasteiger partial charge in [-0.2, -0.15) is 5.10 Å². The van der Waals surface area contributed by atoms with E-state index in [-0.39, 0.29) is 11.7 Å². The second-order valence-corrected chi connectivity index (χ2v) is 2.68. The molecule has 0 spiro atoms. The van der Waals surface area contributed by atoms with E-state index < -0.39 is 5.97 Å². The lowest BCUT2D eigenvalue weighted by Crippen LogP contribution is -2.31. The first kappa shape index (κ1) is 7.30. The Labute approximate surface area is 68.6 Å². The van der Waals surface area contributed by atoms with Gasteiger partial charge in [0.1, 0.15) is 0 Å². The molecule has 1 aromatic heterocycles. The Morgan fingerprint density at radius 3 is 2.92 bits per heavy atom. The fourth-order valence-corrected chi connectivity index (χ4v) is 1.03. The van der Waals surface area contributed by atoms with E-state index in [1.807, 2.05) is 0 Å². The first-order chi connectivity index (χ1) is 5.77. The van der Waals surface area contributed by atoms with Gasteiger partial charge in [0.25, 0.3) is 0 Å². The van der Waals surface area contributed by atoms with Crippen molar-refractivity contribution in [3.05, 3.63) is 18.0 Å². The van der Waals surface area contributed by atoms with E-state index in [1.165, 1.54) is 6.07 Å². The zero-order chi connectivity index (χ0) is 8.55. The van der Waals surface area contributed by atoms with Gasteiger partial charge in [-0.1, -0.05) is 0 Å². The van der Waals surface area contributed by atoms with Crippen LogP contribution in [0.1, 0.15) is 16.5 Å². The average molecular weight is 168 g/mol. The minimum atomic E-state index is -0.992. The Balaban J connectivity index is 2.17. The summed E-state index contributed by atoms with van der Waals surface area (Å²) in [5, 5.41) is 12.4. The lowest BCUT2D eigenvalue weighted by Gasteiger charge is -2.25. The number of nitrogens with zero attached hydrogens (tertiary/aromatic N) is 2. The third-order valence-electron chi connectivity index (χ3n) is 1.82. The summed E-state index contributed by atoms with van der Waals surface area (Å²) in [5.41, 5.74) is 0.0851. The molecule has 0 aliphatic carbocycles. The highest BCUT2D eigenvalue weighted by Gasteiger charge is 2.21. The normalized spacial score (nSPS) is 17.3. The van der Waals surface area contributed by atoms with E-state index in [9.17, 15) is 4.79 Å². The van der Waals surface area contributed by atoms with Gasteiger partial charge in [-0.3, -0.25) is 4.68 Å². The predicted octanol–water partition coefficient (Wildman–Crippen LogP) is 0.153. The summed E-state index contributed by atoms with van der Waals surface area (Å²) in [4.78, 5) is 10.4. The molecule has 64 valence electrons. The largest absolute Gasteiger partial charge is 0.476 e. The zero-order valence-electron chi connectivity index (χ0n) is 6.30. The molecule has 0 saturated carbocycles. The van der Waals surface area contributed by atoms with Crippen LogP contribution in [0.4, 0.5) is 0 Å². The molecule has 1 aliphatic rings. The van der Waals surface area contributed by atoms with Crippen LogP contribution in [-0.4, -0.2) is 34.1 Å². The number of aromatic carboxylic acids is 1. The minimum Gasteiger partial charge on any atom is -0.476 e. The first-order valence-electron chi connectivity index (χ1n) is 3.63. The van der Waals surface area contributed by atoms with Gasteiger partial charge in [0.05, 0.1) is 19.3 Å². The van der Waals surface area contributed by atoms with Crippen molar-refractivity contribution in [2.75, 3.05) is 13.2 Å². The number of rotatable bonds is 2. The van der Waals surface area contributed by atoms with E-state index in [0.717, 1.165) is 0 Å². The van der Waals surface area contributed by atoms with Gasteiger partial charge in [-0.15, -0.1) is 0 Å². The van der Waals surface area contributed by atoms with Crippen molar-refractivity contribution >= 4 is 5.97 Å². The first-order valence-corrected chi connectivity index (χ1v) is 3.63. The maximum atomic E-state index is 10.4. The van der Waals surface area contributed by atoms with Crippen molar-refractivity contribution in [3.63, 3.8) is 0 Å². The molecule has 0 unspecified atom stereocenters. The summed E-state index contributed by atoms with van der Waals surface area (Å²) < 4.78 is 6.58. The van der Waals surface area contributed by atoms with E-state index in [1.54, 1.807) is 10.9 Å². The highest BCUT2D eigenvalue weighted by atomic mass is 16.5. The van der Waals surface area contributed by atoms with Gasteiger partial charge in [0.2, 0.25) is 0 Å². The lowest BCUT2D eigenvalue weighted by atomic mass is 10.3. The van der Waals surface area contributed by atoms with Gasteiger partial charge in [0.15, 0.2) is 5.69 Å². The number of aromatic nitrogens is 2. The van der Waals surface area contributed by atoms with Crippen molar-refractivity contribution in [2.45, 2.75) is 6.04 Å². The number of carboxylic acids is 1. The van der Waals surface area contributed by atoms with Gasteiger partial charge in [-0.25, -0.2) is 4.79 Å². The van der Waals surface area contributed by atoms with Crippen molar-refractivity contribution in [1.82, 2.24) is 9.78 Å². The highest BCUT2D eigenvalue weighted by Crippen LogP contribution is 2.15. The van der Waals surface area contributed by atoms with E-state index in [4.69, 9.17) is 9.84 Å². The third-order valence-corrected chi connectivity index (χ3v) is 1.82. The molecule has 1 fully saturated rings. The molecule has 0 radical (unpaired) electrons. The molecule has 0 atom stereocenters. The van der Waals surface area contributed by atoms with Crippen molar-refractivity contribution < 1.29 is 14.6 Å². The number of hydrogen-bond acceptors (Lipinski definition) is 3. The second-order valence-electron chi connectivity index (χ2n) is 2.68. The maximum absolute atomic E-state index is 10.4. The van der Waals surface area contributed by atoms with Crippen LogP contribution in [0, 0.1) is 0 Å². The van der Waals surface area contributed by atoms with Crippen LogP contribution in [-0.2, 0) is 4.74 Å². The van der Waals surface area contributed by atoms with E-state index in [0.29, 0.717) is 13.2 Å². The summed E-state index contributed by atoms with van der Waals surface area (Å²) in [7, 11) is 0. The summed E-state index contributed by atoms with van der Waals surface area (Å²) in [5.74, 6) is -0.992. The van der Waals surface area contributed by atoms with Gasteiger partial charge in [-0.05, 0) is 6.07 Å². The predicted molar refractivity (Wildman–Crippen MR) is 39.0 cm³/mol. The quantitative estimate of drug-likeness (QED) is 0.682. The van der Waals surface area contributed by atoms with Crippen LogP contribution in [0.5, 0.6) is 0 Å². The number of carbonyl (C=O) groups is 1. The molecular weight excluding hydrogens is 160 g/mol. The molecule has 0 bridgehead atoms. The van der Waals surface area contributed by atoms with Crippen LogP contribution in [0.3, 0.4) is 0 Å². The highest BCUT2D eigenvalue weighted by molar-refractivity contribution is 5.85. The molecule has 5 nitrogen and oxygen atoms in total. The van der Waals surface area contributed by atoms with Crippen LogP contribution in [0.25, 0.3) is 0 Å². The average Bonchev–Trinajstić information content (AvgIpc) is 2.32. The van der Waals surface area contributed by atoms with Crippen molar-refractivity contribution in [2.24, 2.45) is 0 Å². The van der Waals surface area contributed by atoms with Gasteiger partial charge in [0, 0.05) is 6.20 Å². The fraction of sp³-hybridized carbons (Fsp3) is 0.429. The molecule has 0 amide bonds. The van der Waals surface area contributed by atoms with Gasteiger partial charge < -0.3 is 9.84 Å². The van der Waals surface area contributed by atoms with Crippen molar-refractivity contribution in [1.29, 1.82) is 0 Å². The molecule has 1 aliphatic heterocycles. The lowest BCUT2D eigenvalue weighted by molar-refractivity contribution is -0.0288. The number of ether oxygens (including phenoxy) is 1. The number of carboxylic acid groups (broad SMARTS) is 1. The number of hydrogen-bond donors (Lipinski definition) is 1. The Bertz CT molecular complexity index is 303. The topological polar surface area (TPSA) is 64.3 Å². The van der Waals surface area contributed by atoms with E-state index in [2.05, 4.69) is 5.10 Å². The van der Waals surface area contributed by atoms with Crippen LogP contribution in [0.15, 0.2) is 12.3 Å².